The molecule has 0 bridgehead atoms. The smallest absolute Gasteiger partial charge is 0.179 e. The third-order valence-electron chi connectivity index (χ3n) is 4.04. The van der Waals surface area contributed by atoms with Gasteiger partial charge in [-0.2, -0.15) is 0 Å². The standard InChI is InChI=1S/C15H22ClNO2/c1-10(11-5-4-6-11)17-9-12-7-8-13(18-2)15(19-3)14(12)16/h7-8,10-11,17H,4-6,9H2,1-3H3. The highest BCUT2D eigenvalue weighted by molar-refractivity contribution is 6.33. The molecule has 0 spiro atoms. The predicted octanol–water partition coefficient (Wildman–Crippen LogP) is 3.64. The Morgan fingerprint density at radius 3 is 2.58 bits per heavy atom. The van der Waals surface area contributed by atoms with Crippen molar-refractivity contribution in [1.82, 2.24) is 5.32 Å². The summed E-state index contributed by atoms with van der Waals surface area (Å²) in [5.41, 5.74) is 1.05. The van der Waals surface area contributed by atoms with Crippen LogP contribution in [0.1, 0.15) is 31.7 Å². The fourth-order valence-electron chi connectivity index (χ4n) is 2.44. The zero-order chi connectivity index (χ0) is 13.8. The summed E-state index contributed by atoms with van der Waals surface area (Å²) in [5.74, 6) is 2.10. The molecular weight excluding hydrogens is 262 g/mol. The van der Waals surface area contributed by atoms with Crippen LogP contribution in [0.2, 0.25) is 5.02 Å². The van der Waals surface area contributed by atoms with Gasteiger partial charge < -0.3 is 14.8 Å². The van der Waals surface area contributed by atoms with Crippen molar-refractivity contribution in [3.05, 3.63) is 22.7 Å². The van der Waals surface area contributed by atoms with Gasteiger partial charge in [-0.15, -0.1) is 0 Å². The van der Waals surface area contributed by atoms with Gasteiger partial charge >= 0.3 is 0 Å². The molecule has 0 radical (unpaired) electrons. The minimum atomic E-state index is 0.540. The van der Waals surface area contributed by atoms with E-state index in [1.807, 2.05) is 12.1 Å². The van der Waals surface area contributed by atoms with Gasteiger partial charge in [-0.05, 0) is 37.3 Å². The predicted molar refractivity (Wildman–Crippen MR) is 78.2 cm³/mol. The third-order valence-corrected chi connectivity index (χ3v) is 4.45. The SMILES string of the molecule is COc1ccc(CNC(C)C2CCC2)c(Cl)c1OC. The number of ether oxygens (including phenoxy) is 2. The first kappa shape index (κ1) is 14.5. The van der Waals surface area contributed by atoms with Gasteiger partial charge in [-0.3, -0.25) is 0 Å². The normalized spacial score (nSPS) is 16.8. The fourth-order valence-corrected chi connectivity index (χ4v) is 2.74. The van der Waals surface area contributed by atoms with Crippen LogP contribution in [-0.4, -0.2) is 20.3 Å². The van der Waals surface area contributed by atoms with Crippen molar-refractivity contribution >= 4 is 11.6 Å². The Morgan fingerprint density at radius 1 is 1.32 bits per heavy atom. The summed E-state index contributed by atoms with van der Waals surface area (Å²) < 4.78 is 10.5. The Kier molecular flexibility index (Phi) is 4.94. The molecule has 3 nitrogen and oxygen atoms in total. The van der Waals surface area contributed by atoms with Crippen LogP contribution in [0.5, 0.6) is 11.5 Å². The Labute approximate surface area is 120 Å². The molecule has 1 aromatic rings. The van der Waals surface area contributed by atoms with Crippen LogP contribution >= 0.6 is 11.6 Å². The molecule has 1 N–H and O–H groups in total. The van der Waals surface area contributed by atoms with Crippen molar-refractivity contribution in [2.24, 2.45) is 5.92 Å². The second kappa shape index (κ2) is 6.49. The van der Waals surface area contributed by atoms with Gasteiger partial charge in [0.1, 0.15) is 0 Å². The molecule has 0 saturated heterocycles. The molecule has 1 aliphatic rings. The minimum Gasteiger partial charge on any atom is -0.493 e. The van der Waals surface area contributed by atoms with E-state index in [4.69, 9.17) is 21.1 Å². The van der Waals surface area contributed by atoms with E-state index in [0.29, 0.717) is 22.6 Å². The van der Waals surface area contributed by atoms with Crippen molar-refractivity contribution in [3.63, 3.8) is 0 Å². The first-order valence-corrected chi connectivity index (χ1v) is 7.18. The molecule has 1 aromatic carbocycles. The molecule has 0 aliphatic heterocycles. The maximum Gasteiger partial charge on any atom is 0.179 e. The summed E-state index contributed by atoms with van der Waals surface area (Å²) in [6, 6.07) is 4.43. The highest BCUT2D eigenvalue weighted by Gasteiger charge is 2.23. The van der Waals surface area contributed by atoms with Gasteiger partial charge in [0.2, 0.25) is 0 Å². The van der Waals surface area contributed by atoms with Gasteiger partial charge in [-0.1, -0.05) is 24.1 Å². The summed E-state index contributed by atoms with van der Waals surface area (Å²) in [7, 11) is 3.22. The van der Waals surface area contributed by atoms with Crippen molar-refractivity contribution in [2.45, 2.75) is 38.8 Å². The second-order valence-corrected chi connectivity index (χ2v) is 5.51. The van der Waals surface area contributed by atoms with Crippen molar-refractivity contribution in [3.8, 4) is 11.5 Å². The Bertz CT molecular complexity index is 432. The van der Waals surface area contributed by atoms with Crippen LogP contribution in [0.4, 0.5) is 0 Å². The maximum atomic E-state index is 6.36. The largest absolute Gasteiger partial charge is 0.493 e. The Morgan fingerprint density at radius 2 is 2.05 bits per heavy atom. The summed E-state index contributed by atoms with van der Waals surface area (Å²) >= 11 is 6.36. The van der Waals surface area contributed by atoms with E-state index in [1.54, 1.807) is 14.2 Å². The van der Waals surface area contributed by atoms with Crippen molar-refractivity contribution in [2.75, 3.05) is 14.2 Å². The molecule has 1 aliphatic carbocycles. The molecule has 1 atom stereocenters. The second-order valence-electron chi connectivity index (χ2n) is 5.13. The first-order chi connectivity index (χ1) is 9.17. The van der Waals surface area contributed by atoms with Crippen LogP contribution in [0, 0.1) is 5.92 Å². The lowest BCUT2D eigenvalue weighted by atomic mass is 9.80. The molecular formula is C15H22ClNO2. The van der Waals surface area contributed by atoms with Gasteiger partial charge in [0, 0.05) is 12.6 Å². The average Bonchev–Trinajstić information content (AvgIpc) is 2.34. The molecule has 106 valence electrons. The number of hydrogen-bond acceptors (Lipinski definition) is 3. The van der Waals surface area contributed by atoms with Crippen molar-refractivity contribution in [1.29, 1.82) is 0 Å². The monoisotopic (exact) mass is 283 g/mol. The summed E-state index contributed by atoms with van der Waals surface area (Å²) in [6.45, 7) is 3.01. The lowest BCUT2D eigenvalue weighted by Crippen LogP contribution is -2.36. The van der Waals surface area contributed by atoms with Gasteiger partial charge in [0.25, 0.3) is 0 Å². The van der Waals surface area contributed by atoms with E-state index >= 15 is 0 Å². The van der Waals surface area contributed by atoms with E-state index < -0.39 is 0 Å². The van der Waals surface area contributed by atoms with E-state index in [9.17, 15) is 0 Å². The molecule has 1 fully saturated rings. The summed E-state index contributed by atoms with van der Waals surface area (Å²) in [5, 5.41) is 4.18. The topological polar surface area (TPSA) is 30.5 Å². The molecule has 0 heterocycles. The van der Waals surface area contributed by atoms with Gasteiger partial charge in [0.05, 0.1) is 19.2 Å². The molecule has 0 aromatic heterocycles. The number of halogens is 1. The number of rotatable bonds is 6. The maximum absolute atomic E-state index is 6.36. The highest BCUT2D eigenvalue weighted by atomic mass is 35.5. The highest BCUT2D eigenvalue weighted by Crippen LogP contribution is 2.37. The first-order valence-electron chi connectivity index (χ1n) is 6.80. The van der Waals surface area contributed by atoms with E-state index in [-0.39, 0.29) is 0 Å². The van der Waals surface area contributed by atoms with E-state index in [2.05, 4.69) is 12.2 Å². The van der Waals surface area contributed by atoms with Crippen LogP contribution in [0.15, 0.2) is 12.1 Å². The van der Waals surface area contributed by atoms with Crippen LogP contribution in [0.3, 0.4) is 0 Å². The molecule has 0 amide bonds. The quantitative estimate of drug-likeness (QED) is 0.865. The number of benzene rings is 1. The Balaban J connectivity index is 2.03. The average molecular weight is 284 g/mol. The van der Waals surface area contributed by atoms with Crippen molar-refractivity contribution < 1.29 is 9.47 Å². The number of methoxy groups -OCH3 is 2. The third kappa shape index (κ3) is 3.15. The minimum absolute atomic E-state index is 0.540. The molecule has 1 saturated carbocycles. The van der Waals surface area contributed by atoms with Crippen LogP contribution in [0.25, 0.3) is 0 Å². The fraction of sp³-hybridized carbons (Fsp3) is 0.600. The van der Waals surface area contributed by atoms with E-state index in [0.717, 1.165) is 18.0 Å². The van der Waals surface area contributed by atoms with Gasteiger partial charge in [0.15, 0.2) is 11.5 Å². The lowest BCUT2D eigenvalue weighted by molar-refractivity contribution is 0.240. The Hall–Kier alpha value is -0.930. The number of hydrogen-bond donors (Lipinski definition) is 1. The molecule has 1 unspecified atom stereocenters. The zero-order valence-electron chi connectivity index (χ0n) is 11.8. The molecule has 19 heavy (non-hydrogen) atoms. The van der Waals surface area contributed by atoms with Crippen LogP contribution < -0.4 is 14.8 Å². The lowest BCUT2D eigenvalue weighted by Gasteiger charge is -2.32. The summed E-state index contributed by atoms with van der Waals surface area (Å²) in [4.78, 5) is 0. The van der Waals surface area contributed by atoms with Gasteiger partial charge in [-0.25, -0.2) is 0 Å². The van der Waals surface area contributed by atoms with Crippen LogP contribution in [-0.2, 0) is 6.54 Å². The molecule has 4 heteroatoms. The zero-order valence-corrected chi connectivity index (χ0v) is 12.6. The number of nitrogens with one attached hydrogen (secondary N) is 1. The summed E-state index contributed by atoms with van der Waals surface area (Å²) in [6.07, 6.45) is 4.05. The molecule has 2 rings (SSSR count). The van der Waals surface area contributed by atoms with E-state index in [1.165, 1.54) is 19.3 Å².